The molecule has 0 radical (unpaired) electrons. The zero-order valence-electron chi connectivity index (χ0n) is 17.4. The minimum atomic E-state index is -0.590. The number of methoxy groups -OCH3 is 1. The fourth-order valence-corrected chi connectivity index (χ4v) is 4.22. The van der Waals surface area contributed by atoms with Crippen molar-refractivity contribution in [3.8, 4) is 11.4 Å². The predicted molar refractivity (Wildman–Crippen MR) is 119 cm³/mol. The Bertz CT molecular complexity index is 1280. The number of aromatic nitrogens is 2. The van der Waals surface area contributed by atoms with Crippen LogP contribution in [0.25, 0.3) is 15.9 Å². The van der Waals surface area contributed by atoms with Crippen LogP contribution in [-0.4, -0.2) is 35.4 Å². The van der Waals surface area contributed by atoms with Gasteiger partial charge in [-0.3, -0.25) is 4.79 Å². The lowest BCUT2D eigenvalue weighted by atomic mass is 10.2. The standard InChI is InChI=1S/C23H20FN3O4S/c1-14-19-11-20(32-22(19)27(26-14)17-8-6-16(24)7-9-17)23(29)31-13-21(28)25-12-15-4-3-5-18(10-15)30-2/h3-11H,12-13H2,1-2H3,(H,25,28). The van der Waals surface area contributed by atoms with Crippen molar-refractivity contribution in [2.75, 3.05) is 13.7 Å². The average Bonchev–Trinajstić information content (AvgIpc) is 3.37. The van der Waals surface area contributed by atoms with Crippen molar-refractivity contribution >= 4 is 33.4 Å². The molecule has 2 aromatic carbocycles. The number of benzene rings is 2. The zero-order valence-corrected chi connectivity index (χ0v) is 18.2. The van der Waals surface area contributed by atoms with Gasteiger partial charge in [0.2, 0.25) is 0 Å². The number of rotatable bonds is 7. The number of carbonyl (C=O) groups is 2. The largest absolute Gasteiger partial charge is 0.497 e. The summed E-state index contributed by atoms with van der Waals surface area (Å²) in [4.78, 5) is 25.7. The van der Waals surface area contributed by atoms with Gasteiger partial charge in [-0.25, -0.2) is 13.9 Å². The van der Waals surface area contributed by atoms with E-state index in [2.05, 4.69) is 10.4 Å². The molecule has 0 saturated heterocycles. The number of aryl methyl sites for hydroxylation is 1. The maximum atomic E-state index is 13.2. The fraction of sp³-hybridized carbons (Fsp3) is 0.174. The van der Waals surface area contributed by atoms with Crippen LogP contribution in [0.15, 0.2) is 54.6 Å². The van der Waals surface area contributed by atoms with E-state index in [1.54, 1.807) is 30.0 Å². The number of esters is 1. The summed E-state index contributed by atoms with van der Waals surface area (Å²) in [5.74, 6) is -0.639. The Kier molecular flexibility index (Phi) is 6.18. The Balaban J connectivity index is 1.40. The first kappa shape index (κ1) is 21.5. The molecule has 1 amide bonds. The smallest absolute Gasteiger partial charge is 0.348 e. The maximum Gasteiger partial charge on any atom is 0.348 e. The van der Waals surface area contributed by atoms with Crippen LogP contribution in [0.3, 0.4) is 0 Å². The molecule has 2 aromatic heterocycles. The summed E-state index contributed by atoms with van der Waals surface area (Å²) >= 11 is 1.20. The van der Waals surface area contributed by atoms with E-state index in [4.69, 9.17) is 9.47 Å². The molecule has 0 unspecified atom stereocenters. The van der Waals surface area contributed by atoms with Crippen molar-refractivity contribution in [3.63, 3.8) is 0 Å². The molecule has 0 atom stereocenters. The third-order valence-corrected chi connectivity index (χ3v) is 5.87. The number of nitrogens with zero attached hydrogens (tertiary/aromatic N) is 2. The van der Waals surface area contributed by atoms with Gasteiger partial charge in [-0.15, -0.1) is 11.3 Å². The third kappa shape index (κ3) is 4.62. The first-order valence-corrected chi connectivity index (χ1v) is 10.6. The van der Waals surface area contributed by atoms with Gasteiger partial charge in [0.25, 0.3) is 5.91 Å². The zero-order chi connectivity index (χ0) is 22.7. The highest BCUT2D eigenvalue weighted by molar-refractivity contribution is 7.20. The van der Waals surface area contributed by atoms with E-state index in [9.17, 15) is 14.0 Å². The van der Waals surface area contributed by atoms with Crippen molar-refractivity contribution in [1.82, 2.24) is 15.1 Å². The van der Waals surface area contributed by atoms with Crippen LogP contribution < -0.4 is 10.1 Å². The number of fused-ring (bicyclic) bond motifs is 1. The minimum Gasteiger partial charge on any atom is -0.497 e. The molecule has 1 N–H and O–H groups in total. The molecular weight excluding hydrogens is 433 g/mol. The van der Waals surface area contributed by atoms with Crippen LogP contribution in [0, 0.1) is 12.7 Å². The Labute approximate surface area is 187 Å². The molecule has 4 rings (SSSR count). The monoisotopic (exact) mass is 453 g/mol. The Hall–Kier alpha value is -3.72. The number of halogens is 1. The van der Waals surface area contributed by atoms with E-state index < -0.39 is 11.9 Å². The summed E-state index contributed by atoms with van der Waals surface area (Å²) in [6.07, 6.45) is 0. The average molecular weight is 453 g/mol. The quantitative estimate of drug-likeness (QED) is 0.428. The number of nitrogens with one attached hydrogen (secondary N) is 1. The normalized spacial score (nSPS) is 10.8. The van der Waals surface area contributed by atoms with Crippen LogP contribution in [-0.2, 0) is 16.1 Å². The second kappa shape index (κ2) is 9.19. The fourth-order valence-electron chi connectivity index (χ4n) is 3.14. The first-order valence-electron chi connectivity index (χ1n) is 9.76. The summed E-state index contributed by atoms with van der Waals surface area (Å²) in [5, 5.41) is 7.98. The van der Waals surface area contributed by atoms with Crippen molar-refractivity contribution in [1.29, 1.82) is 0 Å². The van der Waals surface area contributed by atoms with E-state index in [0.29, 0.717) is 22.9 Å². The van der Waals surface area contributed by atoms with E-state index in [1.165, 1.54) is 23.5 Å². The molecule has 0 aliphatic heterocycles. The summed E-state index contributed by atoms with van der Waals surface area (Å²) in [7, 11) is 1.57. The van der Waals surface area contributed by atoms with Crippen LogP contribution in [0.2, 0.25) is 0 Å². The van der Waals surface area contributed by atoms with Gasteiger partial charge in [0.05, 0.1) is 18.5 Å². The van der Waals surface area contributed by atoms with Crippen LogP contribution >= 0.6 is 11.3 Å². The molecule has 0 aliphatic rings. The van der Waals surface area contributed by atoms with Crippen molar-refractivity contribution in [2.24, 2.45) is 0 Å². The summed E-state index contributed by atoms with van der Waals surface area (Å²) in [5.41, 5.74) is 2.29. The van der Waals surface area contributed by atoms with Gasteiger partial charge >= 0.3 is 5.97 Å². The SMILES string of the molecule is COc1cccc(CNC(=O)COC(=O)c2cc3c(C)nn(-c4ccc(F)cc4)c3s2)c1. The van der Waals surface area contributed by atoms with Gasteiger partial charge in [0.1, 0.15) is 21.3 Å². The topological polar surface area (TPSA) is 82.4 Å². The summed E-state index contributed by atoms with van der Waals surface area (Å²) in [6, 6.07) is 15.0. The molecule has 0 aliphatic carbocycles. The second-order valence-corrected chi connectivity index (χ2v) is 8.04. The lowest BCUT2D eigenvalue weighted by molar-refractivity contribution is -0.124. The minimum absolute atomic E-state index is 0.295. The van der Waals surface area contributed by atoms with Crippen LogP contribution in [0.4, 0.5) is 4.39 Å². The third-order valence-electron chi connectivity index (χ3n) is 4.78. The highest BCUT2D eigenvalue weighted by atomic mass is 32.1. The van der Waals surface area contributed by atoms with Gasteiger partial charge in [0.15, 0.2) is 6.61 Å². The molecule has 0 bridgehead atoms. The Morgan fingerprint density at radius 1 is 1.16 bits per heavy atom. The molecular formula is C23H20FN3O4S. The molecule has 164 valence electrons. The Morgan fingerprint density at radius 3 is 2.69 bits per heavy atom. The number of amides is 1. The van der Waals surface area contributed by atoms with Crippen molar-refractivity contribution < 1.29 is 23.5 Å². The molecule has 0 saturated carbocycles. The molecule has 0 spiro atoms. The molecule has 0 fully saturated rings. The van der Waals surface area contributed by atoms with Gasteiger partial charge in [-0.1, -0.05) is 12.1 Å². The Morgan fingerprint density at radius 2 is 1.94 bits per heavy atom. The number of hydrogen-bond acceptors (Lipinski definition) is 6. The number of thiophene rings is 1. The summed E-state index contributed by atoms with van der Waals surface area (Å²) in [6.45, 7) is 1.74. The lowest BCUT2D eigenvalue weighted by Crippen LogP contribution is -2.28. The van der Waals surface area contributed by atoms with Crippen LogP contribution in [0.5, 0.6) is 5.75 Å². The van der Waals surface area contributed by atoms with E-state index >= 15 is 0 Å². The van der Waals surface area contributed by atoms with Crippen molar-refractivity contribution in [3.05, 3.63) is 76.5 Å². The molecule has 2 heterocycles. The molecule has 9 heteroatoms. The highest BCUT2D eigenvalue weighted by Crippen LogP contribution is 2.30. The highest BCUT2D eigenvalue weighted by Gasteiger charge is 2.19. The van der Waals surface area contributed by atoms with Gasteiger partial charge in [-0.05, 0) is 55.0 Å². The predicted octanol–water partition coefficient (Wildman–Crippen LogP) is 4.02. The summed E-state index contributed by atoms with van der Waals surface area (Å²) < 4.78 is 25.2. The maximum absolute atomic E-state index is 13.2. The van der Waals surface area contributed by atoms with Crippen LogP contribution in [0.1, 0.15) is 20.9 Å². The van der Waals surface area contributed by atoms with E-state index in [-0.39, 0.29) is 12.4 Å². The van der Waals surface area contributed by atoms with Gasteiger partial charge in [0, 0.05) is 11.9 Å². The molecule has 4 aromatic rings. The van der Waals surface area contributed by atoms with Gasteiger partial charge in [-0.2, -0.15) is 5.10 Å². The number of hydrogen-bond donors (Lipinski definition) is 1. The van der Waals surface area contributed by atoms with E-state index in [1.807, 2.05) is 31.2 Å². The lowest BCUT2D eigenvalue weighted by Gasteiger charge is -2.07. The van der Waals surface area contributed by atoms with E-state index in [0.717, 1.165) is 21.5 Å². The van der Waals surface area contributed by atoms with Crippen molar-refractivity contribution in [2.45, 2.75) is 13.5 Å². The second-order valence-electron chi connectivity index (χ2n) is 7.01. The number of carbonyl (C=O) groups excluding carboxylic acids is 2. The first-order chi connectivity index (χ1) is 15.4. The molecule has 7 nitrogen and oxygen atoms in total. The molecule has 32 heavy (non-hydrogen) atoms. The van der Waals surface area contributed by atoms with Gasteiger partial charge < -0.3 is 14.8 Å². The number of ether oxygens (including phenoxy) is 2.